The third-order valence-electron chi connectivity index (χ3n) is 1.25. The van der Waals surface area contributed by atoms with Gasteiger partial charge >= 0.3 is 6.09 Å². The van der Waals surface area contributed by atoms with E-state index in [1.807, 2.05) is 13.8 Å². The maximum Gasteiger partial charge on any atom is 0.407 e. The molecule has 3 heteroatoms. The molecule has 0 radical (unpaired) electrons. The average Bonchev–Trinajstić information content (AvgIpc) is 1.88. The Morgan fingerprint density at radius 3 is 2.60 bits per heavy atom. The summed E-state index contributed by atoms with van der Waals surface area (Å²) < 4.78 is 4.66. The summed E-state index contributed by atoms with van der Waals surface area (Å²) in [6, 6.07) is 0.207. The summed E-state index contributed by atoms with van der Waals surface area (Å²) in [5, 5.41) is 2.67. The number of nitrogens with one attached hydrogen (secondary N) is 1. The van der Waals surface area contributed by atoms with Gasteiger partial charge in [0.05, 0.1) is 6.61 Å². The molecule has 1 atom stereocenters. The van der Waals surface area contributed by atoms with Crippen molar-refractivity contribution in [2.75, 3.05) is 6.61 Å². The van der Waals surface area contributed by atoms with Crippen molar-refractivity contribution >= 4 is 6.09 Å². The molecular weight excluding hydrogens is 130 g/mol. The van der Waals surface area contributed by atoms with Gasteiger partial charge in [0.2, 0.25) is 0 Å². The van der Waals surface area contributed by atoms with E-state index >= 15 is 0 Å². The highest BCUT2D eigenvalue weighted by molar-refractivity contribution is 5.67. The van der Waals surface area contributed by atoms with Gasteiger partial charge in [0.1, 0.15) is 0 Å². The molecule has 0 aromatic rings. The minimum atomic E-state index is -0.322. The minimum absolute atomic E-state index is 0.207. The van der Waals surface area contributed by atoms with Gasteiger partial charge in [0.25, 0.3) is 0 Å². The largest absolute Gasteiger partial charge is 0.450 e. The van der Waals surface area contributed by atoms with Crippen LogP contribution in [0.4, 0.5) is 4.79 Å². The molecule has 1 N–H and O–H groups in total. The lowest BCUT2D eigenvalue weighted by Crippen LogP contribution is -2.32. The zero-order chi connectivity index (χ0) is 7.98. The Morgan fingerprint density at radius 2 is 2.20 bits per heavy atom. The van der Waals surface area contributed by atoms with Crippen molar-refractivity contribution in [3.05, 3.63) is 0 Å². The summed E-state index contributed by atoms with van der Waals surface area (Å²) in [4.78, 5) is 10.7. The normalized spacial score (nSPS) is 12.3. The lowest BCUT2D eigenvalue weighted by atomic mass is 10.3. The Bertz CT molecular complexity index is 104. The van der Waals surface area contributed by atoms with Crippen molar-refractivity contribution < 1.29 is 9.53 Å². The van der Waals surface area contributed by atoms with Crippen LogP contribution >= 0.6 is 0 Å². The first-order valence-corrected chi connectivity index (χ1v) is 3.64. The Kier molecular flexibility index (Phi) is 4.72. The Morgan fingerprint density at radius 1 is 1.60 bits per heavy atom. The van der Waals surface area contributed by atoms with Gasteiger partial charge in [-0.15, -0.1) is 0 Å². The molecule has 3 nitrogen and oxygen atoms in total. The van der Waals surface area contributed by atoms with Crippen LogP contribution in [0.5, 0.6) is 0 Å². The maximum atomic E-state index is 10.7. The van der Waals surface area contributed by atoms with E-state index < -0.39 is 0 Å². The highest BCUT2D eigenvalue weighted by Crippen LogP contribution is 1.88. The number of carbonyl (C=O) groups excluding carboxylic acids is 1. The fourth-order valence-electron chi connectivity index (χ4n) is 0.476. The van der Waals surface area contributed by atoms with E-state index in [-0.39, 0.29) is 12.1 Å². The monoisotopic (exact) mass is 145 g/mol. The van der Waals surface area contributed by atoms with E-state index in [4.69, 9.17) is 0 Å². The van der Waals surface area contributed by atoms with Gasteiger partial charge in [0, 0.05) is 6.04 Å². The maximum absolute atomic E-state index is 10.7. The standard InChI is InChI=1S/C7H15NO2/c1-4-6(3)8-7(9)10-5-2/h6H,4-5H2,1-3H3,(H,8,9)/t6-/m0/s1. The van der Waals surface area contributed by atoms with Crippen molar-refractivity contribution in [2.24, 2.45) is 0 Å². The van der Waals surface area contributed by atoms with Crippen molar-refractivity contribution in [2.45, 2.75) is 33.2 Å². The van der Waals surface area contributed by atoms with Crippen molar-refractivity contribution in [3.8, 4) is 0 Å². The van der Waals surface area contributed by atoms with Crippen LogP contribution in [-0.4, -0.2) is 18.7 Å². The van der Waals surface area contributed by atoms with Crippen LogP contribution in [0.2, 0.25) is 0 Å². The summed E-state index contributed by atoms with van der Waals surface area (Å²) in [6.45, 7) is 6.17. The van der Waals surface area contributed by atoms with Gasteiger partial charge in [-0.2, -0.15) is 0 Å². The van der Waals surface area contributed by atoms with Crippen LogP contribution in [0.25, 0.3) is 0 Å². The van der Waals surface area contributed by atoms with Crippen molar-refractivity contribution in [1.82, 2.24) is 5.32 Å². The van der Waals surface area contributed by atoms with Crippen LogP contribution in [0.3, 0.4) is 0 Å². The van der Waals surface area contributed by atoms with Gasteiger partial charge in [-0.3, -0.25) is 0 Å². The van der Waals surface area contributed by atoms with Crippen LogP contribution in [0, 0.1) is 0 Å². The zero-order valence-electron chi connectivity index (χ0n) is 6.81. The first kappa shape index (κ1) is 9.27. The first-order valence-electron chi connectivity index (χ1n) is 3.64. The zero-order valence-corrected chi connectivity index (χ0v) is 6.81. The van der Waals surface area contributed by atoms with Crippen LogP contribution < -0.4 is 5.32 Å². The molecule has 0 rings (SSSR count). The SMILES string of the molecule is CCOC(=O)N[C@@H](C)CC. The molecule has 0 aromatic carbocycles. The fourth-order valence-corrected chi connectivity index (χ4v) is 0.476. The Balaban J connectivity index is 3.37. The predicted molar refractivity (Wildman–Crippen MR) is 39.9 cm³/mol. The van der Waals surface area contributed by atoms with E-state index in [2.05, 4.69) is 10.1 Å². The Labute approximate surface area is 61.8 Å². The second-order valence-corrected chi connectivity index (χ2v) is 2.17. The van der Waals surface area contributed by atoms with Gasteiger partial charge < -0.3 is 10.1 Å². The van der Waals surface area contributed by atoms with Gasteiger partial charge in [-0.25, -0.2) is 4.79 Å². The molecule has 0 heterocycles. The molecule has 0 fully saturated rings. The highest BCUT2D eigenvalue weighted by Gasteiger charge is 2.03. The molecule has 0 aliphatic heterocycles. The molecule has 0 saturated carbocycles. The third kappa shape index (κ3) is 4.18. The van der Waals surface area contributed by atoms with Gasteiger partial charge in [0.15, 0.2) is 0 Å². The molecular formula is C7H15NO2. The third-order valence-corrected chi connectivity index (χ3v) is 1.25. The van der Waals surface area contributed by atoms with Crippen molar-refractivity contribution in [3.63, 3.8) is 0 Å². The van der Waals surface area contributed by atoms with E-state index in [0.717, 1.165) is 6.42 Å². The number of rotatable bonds is 3. The Hall–Kier alpha value is -0.730. The molecule has 0 aliphatic rings. The quantitative estimate of drug-likeness (QED) is 0.654. The smallest absolute Gasteiger partial charge is 0.407 e. The average molecular weight is 145 g/mol. The van der Waals surface area contributed by atoms with E-state index in [1.165, 1.54) is 0 Å². The summed E-state index contributed by atoms with van der Waals surface area (Å²) in [5.74, 6) is 0. The molecule has 0 unspecified atom stereocenters. The number of ether oxygens (including phenoxy) is 1. The molecule has 60 valence electrons. The van der Waals surface area contributed by atoms with E-state index in [0.29, 0.717) is 6.61 Å². The van der Waals surface area contributed by atoms with Gasteiger partial charge in [-0.1, -0.05) is 6.92 Å². The highest BCUT2D eigenvalue weighted by atomic mass is 16.5. The van der Waals surface area contributed by atoms with Crippen LogP contribution in [-0.2, 0) is 4.74 Å². The van der Waals surface area contributed by atoms with Crippen LogP contribution in [0.1, 0.15) is 27.2 Å². The van der Waals surface area contributed by atoms with Gasteiger partial charge in [-0.05, 0) is 20.3 Å². The lowest BCUT2D eigenvalue weighted by molar-refractivity contribution is 0.148. The van der Waals surface area contributed by atoms with Crippen molar-refractivity contribution in [1.29, 1.82) is 0 Å². The topological polar surface area (TPSA) is 38.3 Å². The molecule has 0 bridgehead atoms. The molecule has 0 spiro atoms. The summed E-state index contributed by atoms with van der Waals surface area (Å²) >= 11 is 0. The molecule has 0 aliphatic carbocycles. The molecule has 0 saturated heterocycles. The molecule has 10 heavy (non-hydrogen) atoms. The second kappa shape index (κ2) is 5.09. The second-order valence-electron chi connectivity index (χ2n) is 2.17. The number of hydrogen-bond acceptors (Lipinski definition) is 2. The number of alkyl carbamates (subject to hydrolysis) is 1. The number of carbonyl (C=O) groups is 1. The van der Waals surface area contributed by atoms with E-state index in [1.54, 1.807) is 6.92 Å². The summed E-state index contributed by atoms with van der Waals surface area (Å²) in [7, 11) is 0. The lowest BCUT2D eigenvalue weighted by Gasteiger charge is -2.09. The summed E-state index contributed by atoms with van der Waals surface area (Å²) in [5.41, 5.74) is 0. The fraction of sp³-hybridized carbons (Fsp3) is 0.857. The predicted octanol–water partition coefficient (Wildman–Crippen LogP) is 1.53. The summed E-state index contributed by atoms with van der Waals surface area (Å²) in [6.07, 6.45) is 0.607. The van der Waals surface area contributed by atoms with Crippen LogP contribution in [0.15, 0.2) is 0 Å². The molecule has 1 amide bonds. The number of amides is 1. The first-order chi connectivity index (χ1) is 4.70. The minimum Gasteiger partial charge on any atom is -0.450 e. The molecule has 0 aromatic heterocycles. The van der Waals surface area contributed by atoms with E-state index in [9.17, 15) is 4.79 Å². The number of hydrogen-bond donors (Lipinski definition) is 1.